The maximum atomic E-state index is 11.6. The average molecular weight is 416 g/mol. The number of methoxy groups -OCH3 is 1. The molecule has 0 spiro atoms. The zero-order valence-electron chi connectivity index (χ0n) is 14.3. The van der Waals surface area contributed by atoms with Crippen LogP contribution in [0.4, 0.5) is 5.82 Å². The fourth-order valence-electron chi connectivity index (χ4n) is 3.31. The van der Waals surface area contributed by atoms with Crippen LogP contribution in [0, 0.1) is 0 Å². The van der Waals surface area contributed by atoms with Crippen LogP contribution in [-0.2, 0) is 21.6 Å². The van der Waals surface area contributed by atoms with E-state index in [1.807, 2.05) is 0 Å². The van der Waals surface area contributed by atoms with Crippen molar-refractivity contribution in [2.45, 2.75) is 31.3 Å². The van der Waals surface area contributed by atoms with Gasteiger partial charge in [-0.3, -0.25) is 4.79 Å². The maximum absolute atomic E-state index is 11.6. The van der Waals surface area contributed by atoms with Gasteiger partial charge in [-0.05, 0) is 37.0 Å². The summed E-state index contributed by atoms with van der Waals surface area (Å²) in [6.45, 7) is 0.0221. The Balaban J connectivity index is 1.68. The number of benzene rings is 1. The minimum atomic E-state index is -0.367. The quantitative estimate of drug-likeness (QED) is 0.643. The second kappa shape index (κ2) is 6.68. The Hall–Kier alpha value is -2.48. The number of carbonyl (C=O) groups is 1. The predicted molar refractivity (Wildman–Crippen MR) is 101 cm³/mol. The van der Waals surface area contributed by atoms with Crippen LogP contribution in [0.15, 0.2) is 41.3 Å². The van der Waals surface area contributed by atoms with E-state index in [9.17, 15) is 4.79 Å². The first-order chi connectivity index (χ1) is 12.6. The molecule has 0 radical (unpaired) electrons. The topological polar surface area (TPSA) is 81.9 Å². The van der Waals surface area contributed by atoms with Crippen LogP contribution in [0.1, 0.15) is 24.8 Å². The van der Waals surface area contributed by atoms with Crippen LogP contribution in [0.2, 0.25) is 0 Å². The Morgan fingerprint density at radius 3 is 2.73 bits per heavy atom. The molecule has 0 saturated heterocycles. The number of ether oxygens (including phenoxy) is 1. The molecule has 1 fully saturated rings. The number of nitrogens with one attached hydrogen (secondary N) is 1. The van der Waals surface area contributed by atoms with Gasteiger partial charge in [0.05, 0.1) is 24.2 Å². The fraction of sp³-hybridized carbons (Fsp3) is 0.333. The first-order valence-corrected chi connectivity index (χ1v) is 9.18. The Bertz CT molecular complexity index is 950. The van der Waals surface area contributed by atoms with Gasteiger partial charge in [0.15, 0.2) is 5.65 Å². The molecule has 0 unspecified atom stereocenters. The molecule has 1 saturated carbocycles. The van der Waals surface area contributed by atoms with E-state index in [4.69, 9.17) is 4.74 Å². The van der Waals surface area contributed by atoms with E-state index in [1.165, 1.54) is 30.1 Å². The predicted octanol–water partition coefficient (Wildman–Crippen LogP) is 3.25. The summed E-state index contributed by atoms with van der Waals surface area (Å²) in [6, 6.07) is 8.38. The van der Waals surface area contributed by atoms with E-state index in [-0.39, 0.29) is 18.1 Å². The third kappa shape index (κ3) is 2.94. The number of carbonyl (C=O) groups excluding carboxylic acids is 1. The van der Waals surface area contributed by atoms with Crippen molar-refractivity contribution >= 4 is 38.8 Å². The lowest BCUT2D eigenvalue weighted by Gasteiger charge is -2.43. The smallest absolute Gasteiger partial charge is 0.327 e. The Labute approximate surface area is 158 Å². The van der Waals surface area contributed by atoms with Crippen molar-refractivity contribution in [2.75, 3.05) is 12.4 Å². The molecule has 0 bridgehead atoms. The summed E-state index contributed by atoms with van der Waals surface area (Å²) in [6.07, 6.45) is 6.42. The summed E-state index contributed by atoms with van der Waals surface area (Å²) in [5.41, 5.74) is 1.71. The van der Waals surface area contributed by atoms with Gasteiger partial charge in [-0.25, -0.2) is 14.6 Å². The molecule has 1 aromatic carbocycles. The van der Waals surface area contributed by atoms with Gasteiger partial charge < -0.3 is 10.1 Å². The normalized spacial score (nSPS) is 15.5. The van der Waals surface area contributed by atoms with Gasteiger partial charge in [-0.1, -0.05) is 28.1 Å². The summed E-state index contributed by atoms with van der Waals surface area (Å²) < 4.78 is 7.30. The third-order valence-electron chi connectivity index (χ3n) is 4.90. The summed E-state index contributed by atoms with van der Waals surface area (Å²) in [5, 5.41) is 8.68. The molecule has 4 rings (SSSR count). The van der Waals surface area contributed by atoms with Crippen LogP contribution < -0.4 is 5.32 Å². The highest BCUT2D eigenvalue weighted by Crippen LogP contribution is 2.44. The molecule has 0 amide bonds. The van der Waals surface area contributed by atoms with Crippen LogP contribution in [0.5, 0.6) is 0 Å². The number of anilines is 1. The molecule has 0 atom stereocenters. The molecule has 3 aromatic rings. The van der Waals surface area contributed by atoms with Crippen molar-refractivity contribution in [3.05, 3.63) is 46.8 Å². The zero-order valence-corrected chi connectivity index (χ0v) is 15.9. The molecule has 26 heavy (non-hydrogen) atoms. The number of hydrogen-bond acceptors (Lipinski definition) is 6. The molecule has 134 valence electrons. The van der Waals surface area contributed by atoms with Gasteiger partial charge >= 0.3 is 5.97 Å². The minimum absolute atomic E-state index is 0.0221. The minimum Gasteiger partial charge on any atom is -0.468 e. The number of hydrogen-bond donors (Lipinski definition) is 1. The highest BCUT2D eigenvalue weighted by molar-refractivity contribution is 9.10. The largest absolute Gasteiger partial charge is 0.468 e. The first-order valence-electron chi connectivity index (χ1n) is 8.39. The van der Waals surface area contributed by atoms with E-state index in [0.29, 0.717) is 5.65 Å². The number of fused-ring (bicyclic) bond motifs is 1. The SMILES string of the molecule is COC(=O)Cn1ncc2c(NC3(c4ccc(Br)cc4)CCC3)ncnc21. The number of nitrogens with zero attached hydrogens (tertiary/aromatic N) is 4. The monoisotopic (exact) mass is 415 g/mol. The Morgan fingerprint density at radius 1 is 1.31 bits per heavy atom. The zero-order chi connectivity index (χ0) is 18.1. The molecule has 7 nitrogen and oxygen atoms in total. The Morgan fingerprint density at radius 2 is 2.08 bits per heavy atom. The van der Waals surface area contributed by atoms with Crippen molar-refractivity contribution in [1.82, 2.24) is 19.7 Å². The van der Waals surface area contributed by atoms with Gasteiger partial charge in [0, 0.05) is 4.47 Å². The lowest BCUT2D eigenvalue weighted by atomic mass is 9.72. The van der Waals surface area contributed by atoms with Crippen LogP contribution in [0.3, 0.4) is 0 Å². The van der Waals surface area contributed by atoms with E-state index in [0.717, 1.165) is 28.5 Å². The molecule has 8 heteroatoms. The average Bonchev–Trinajstić information content (AvgIpc) is 3.02. The van der Waals surface area contributed by atoms with Gasteiger partial charge in [-0.2, -0.15) is 5.10 Å². The summed E-state index contributed by atoms with van der Waals surface area (Å²) in [4.78, 5) is 20.3. The highest BCUT2D eigenvalue weighted by atomic mass is 79.9. The summed E-state index contributed by atoms with van der Waals surface area (Å²) in [7, 11) is 1.36. The second-order valence-electron chi connectivity index (χ2n) is 6.41. The Kier molecular flexibility index (Phi) is 4.36. The molecule has 1 aliphatic rings. The first kappa shape index (κ1) is 17.0. The van der Waals surface area contributed by atoms with Crippen molar-refractivity contribution in [3.63, 3.8) is 0 Å². The lowest BCUT2D eigenvalue weighted by molar-refractivity contribution is -0.141. The second-order valence-corrected chi connectivity index (χ2v) is 7.32. The van der Waals surface area contributed by atoms with E-state index in [1.54, 1.807) is 6.20 Å². The van der Waals surface area contributed by atoms with E-state index in [2.05, 4.69) is 60.6 Å². The molecule has 2 heterocycles. The number of halogens is 1. The summed E-state index contributed by atoms with van der Waals surface area (Å²) in [5.74, 6) is 0.363. The fourth-order valence-corrected chi connectivity index (χ4v) is 3.57. The van der Waals surface area contributed by atoms with Crippen molar-refractivity contribution < 1.29 is 9.53 Å². The molecule has 1 aliphatic carbocycles. The molecule has 1 N–H and O–H groups in total. The van der Waals surface area contributed by atoms with Gasteiger partial charge in [-0.15, -0.1) is 0 Å². The number of esters is 1. The van der Waals surface area contributed by atoms with Gasteiger partial charge in [0.2, 0.25) is 0 Å². The van der Waals surface area contributed by atoms with E-state index < -0.39 is 0 Å². The number of rotatable bonds is 5. The highest BCUT2D eigenvalue weighted by Gasteiger charge is 2.39. The third-order valence-corrected chi connectivity index (χ3v) is 5.43. The van der Waals surface area contributed by atoms with Crippen LogP contribution >= 0.6 is 15.9 Å². The van der Waals surface area contributed by atoms with Crippen LogP contribution in [0.25, 0.3) is 11.0 Å². The van der Waals surface area contributed by atoms with Crippen molar-refractivity contribution in [2.24, 2.45) is 0 Å². The van der Waals surface area contributed by atoms with Crippen molar-refractivity contribution in [3.8, 4) is 0 Å². The molecule has 2 aromatic heterocycles. The maximum Gasteiger partial charge on any atom is 0.327 e. The standard InChI is InChI=1S/C18H18BrN5O2/c1-26-15(25)10-24-17-14(9-22-24)16(20-11-21-17)23-18(7-2-8-18)12-3-5-13(19)6-4-12/h3-6,9,11H,2,7-8,10H2,1H3,(H,20,21,23). The van der Waals surface area contributed by atoms with E-state index >= 15 is 0 Å². The van der Waals surface area contributed by atoms with Gasteiger partial charge in [0.25, 0.3) is 0 Å². The van der Waals surface area contributed by atoms with Crippen LogP contribution in [-0.4, -0.2) is 32.8 Å². The molecule has 0 aliphatic heterocycles. The molecular weight excluding hydrogens is 398 g/mol. The molecular formula is C18H18BrN5O2. The van der Waals surface area contributed by atoms with Gasteiger partial charge in [0.1, 0.15) is 18.7 Å². The lowest BCUT2D eigenvalue weighted by Crippen LogP contribution is -2.42. The van der Waals surface area contributed by atoms with Crippen molar-refractivity contribution in [1.29, 1.82) is 0 Å². The summed E-state index contributed by atoms with van der Waals surface area (Å²) >= 11 is 3.49. The number of aromatic nitrogens is 4.